The van der Waals surface area contributed by atoms with Gasteiger partial charge in [0.25, 0.3) is 14.2 Å². The first-order valence-corrected chi connectivity index (χ1v) is 17.8. The lowest BCUT2D eigenvalue weighted by Crippen LogP contribution is -2.44. The lowest BCUT2D eigenvalue weighted by molar-refractivity contribution is 0.0602. The average Bonchev–Trinajstić information content (AvgIpc) is 3.55. The molecule has 44 heavy (non-hydrogen) atoms. The Bertz CT molecular complexity index is 1790. The van der Waals surface area contributed by atoms with Crippen LogP contribution in [0.2, 0.25) is 18.1 Å². The molecule has 3 N–H and O–H groups in total. The highest BCUT2D eigenvalue weighted by Crippen LogP contribution is 2.46. The number of amides is 1. The zero-order valence-electron chi connectivity index (χ0n) is 26.7. The maximum Gasteiger partial charge on any atom is 0.340 e. The van der Waals surface area contributed by atoms with Gasteiger partial charge in [0, 0.05) is 34.6 Å². The molecule has 5 rings (SSSR count). The molecule has 12 heteroatoms. The number of ether oxygens (including phenoxy) is 3. The third-order valence-corrected chi connectivity index (χ3v) is 13.6. The molecule has 1 atom stereocenters. The second-order valence-corrected chi connectivity index (χ2v) is 18.1. The molecule has 0 saturated heterocycles. The van der Waals surface area contributed by atoms with Crippen LogP contribution in [0.3, 0.4) is 0 Å². The predicted octanol–water partition coefficient (Wildman–Crippen LogP) is 6.45. The number of rotatable bonds is 7. The molecule has 4 aromatic rings. The average molecular weight is 642 g/mol. The molecule has 0 saturated carbocycles. The van der Waals surface area contributed by atoms with Gasteiger partial charge >= 0.3 is 5.97 Å². The summed E-state index contributed by atoms with van der Waals surface area (Å²) in [6.07, 6.45) is 0.441. The van der Waals surface area contributed by atoms with Gasteiger partial charge in [0.1, 0.15) is 11.4 Å². The van der Waals surface area contributed by atoms with E-state index in [0.717, 1.165) is 5.56 Å². The van der Waals surface area contributed by atoms with Gasteiger partial charge in [-0.3, -0.25) is 4.79 Å². The number of hydrogen-bond acceptors (Lipinski definition) is 7. The van der Waals surface area contributed by atoms with Crippen LogP contribution in [-0.4, -0.2) is 68.5 Å². The van der Waals surface area contributed by atoms with E-state index in [2.05, 4.69) is 43.8 Å². The highest BCUT2D eigenvalue weighted by atomic mass is 35.5. The number of carbonyl (C=O) groups is 2. The Labute approximate surface area is 262 Å². The molecule has 0 spiro atoms. The van der Waals surface area contributed by atoms with Gasteiger partial charge in [-0.2, -0.15) is 0 Å². The Morgan fingerprint density at radius 1 is 1.07 bits per heavy atom. The van der Waals surface area contributed by atoms with Gasteiger partial charge in [0.15, 0.2) is 11.5 Å². The summed E-state index contributed by atoms with van der Waals surface area (Å²) in [6.45, 7) is 12.6. The number of aromatic nitrogens is 2. The number of H-pyrrole nitrogens is 2. The smallest absolute Gasteiger partial charge is 0.340 e. The summed E-state index contributed by atoms with van der Waals surface area (Å²) in [5.74, 6) is 0.556. The van der Waals surface area contributed by atoms with E-state index in [1.807, 2.05) is 13.0 Å². The number of nitrogens with zero attached hydrogens (tertiary/aromatic N) is 1. The Balaban J connectivity index is 1.74. The summed E-state index contributed by atoms with van der Waals surface area (Å²) in [6, 6.07) is 5.38. The van der Waals surface area contributed by atoms with E-state index < -0.39 is 19.7 Å². The van der Waals surface area contributed by atoms with Crippen molar-refractivity contribution in [3.8, 4) is 17.2 Å². The van der Waals surface area contributed by atoms with Gasteiger partial charge in [-0.1, -0.05) is 20.8 Å². The van der Waals surface area contributed by atoms with Crippen molar-refractivity contribution in [2.45, 2.75) is 64.2 Å². The molecular formula is C32H40ClN3O7Si. The number of benzene rings is 2. The van der Waals surface area contributed by atoms with Crippen molar-refractivity contribution >= 4 is 59.3 Å². The first kappa shape index (κ1) is 31.7. The predicted molar refractivity (Wildman–Crippen MR) is 175 cm³/mol. The minimum absolute atomic E-state index is 0.101. The normalized spacial score (nSPS) is 15.4. The molecule has 0 fully saturated rings. The van der Waals surface area contributed by atoms with E-state index in [1.54, 1.807) is 17.0 Å². The molecule has 3 heterocycles. The van der Waals surface area contributed by atoms with Crippen molar-refractivity contribution in [3.05, 3.63) is 46.3 Å². The van der Waals surface area contributed by atoms with Gasteiger partial charge in [-0.05, 0) is 49.2 Å². The Morgan fingerprint density at radius 2 is 1.75 bits per heavy atom. The lowest BCUT2D eigenvalue weighted by Gasteiger charge is -2.38. The van der Waals surface area contributed by atoms with Crippen molar-refractivity contribution in [3.63, 3.8) is 0 Å². The Morgan fingerprint density at radius 3 is 2.34 bits per heavy atom. The molecule has 0 radical (unpaired) electrons. The molecule has 2 aromatic carbocycles. The number of aliphatic hydroxyl groups excluding tert-OH is 1. The monoisotopic (exact) mass is 641 g/mol. The minimum Gasteiger partial charge on any atom is -0.542 e. The number of anilines is 1. The molecule has 2 aromatic heterocycles. The fourth-order valence-corrected chi connectivity index (χ4v) is 7.00. The number of aliphatic hydroxyl groups is 1. The van der Waals surface area contributed by atoms with E-state index in [-0.39, 0.29) is 24.1 Å². The van der Waals surface area contributed by atoms with E-state index in [0.29, 0.717) is 73.7 Å². The SMILES string of the molecule is COC(=O)c1c(C)[nH]c2c(O[Si](C)(C)C(C)(C)C)cc3c(c12)CC(Cl)CN3C(=O)c1cc2cc(CO)c(OC)c(OC)c2[nH]1. The second kappa shape index (κ2) is 11.4. The fraction of sp³-hybridized carbons (Fsp3) is 0.438. The topological polar surface area (TPSA) is 126 Å². The van der Waals surface area contributed by atoms with Crippen LogP contribution in [0.25, 0.3) is 21.8 Å². The van der Waals surface area contributed by atoms with E-state index >= 15 is 0 Å². The minimum atomic E-state index is -2.35. The van der Waals surface area contributed by atoms with Crippen molar-refractivity contribution < 1.29 is 33.3 Å². The van der Waals surface area contributed by atoms with E-state index in [4.69, 9.17) is 30.2 Å². The van der Waals surface area contributed by atoms with Gasteiger partial charge in [0.2, 0.25) is 0 Å². The summed E-state index contributed by atoms with van der Waals surface area (Å²) < 4.78 is 23.1. The first-order chi connectivity index (χ1) is 20.7. The van der Waals surface area contributed by atoms with Gasteiger partial charge in [-0.25, -0.2) is 4.79 Å². The van der Waals surface area contributed by atoms with Crippen LogP contribution in [0.15, 0.2) is 18.2 Å². The molecule has 1 unspecified atom stereocenters. The van der Waals surface area contributed by atoms with Crippen LogP contribution < -0.4 is 18.8 Å². The third kappa shape index (κ3) is 5.10. The van der Waals surface area contributed by atoms with E-state index in [9.17, 15) is 14.7 Å². The Hall–Kier alpha value is -3.67. The van der Waals surface area contributed by atoms with Gasteiger partial charge in [-0.15, -0.1) is 11.6 Å². The van der Waals surface area contributed by atoms with Crippen LogP contribution in [0.1, 0.15) is 58.4 Å². The molecule has 0 bridgehead atoms. The van der Waals surface area contributed by atoms with E-state index in [1.165, 1.54) is 21.3 Å². The number of alkyl halides is 1. The van der Waals surface area contributed by atoms with Crippen LogP contribution in [0.5, 0.6) is 17.2 Å². The molecule has 0 aliphatic carbocycles. The largest absolute Gasteiger partial charge is 0.542 e. The molecule has 1 aliphatic heterocycles. The number of aromatic amines is 2. The van der Waals surface area contributed by atoms with Crippen LogP contribution >= 0.6 is 11.6 Å². The zero-order valence-corrected chi connectivity index (χ0v) is 28.4. The van der Waals surface area contributed by atoms with Crippen LogP contribution in [0.4, 0.5) is 5.69 Å². The highest BCUT2D eigenvalue weighted by Gasteiger charge is 2.41. The van der Waals surface area contributed by atoms with Crippen molar-refractivity contribution in [2.75, 3.05) is 32.8 Å². The molecule has 236 valence electrons. The number of esters is 1. The highest BCUT2D eigenvalue weighted by molar-refractivity contribution is 6.74. The molecule has 1 aliphatic rings. The number of aryl methyl sites for hydroxylation is 1. The van der Waals surface area contributed by atoms with Crippen molar-refractivity contribution in [1.29, 1.82) is 0 Å². The molecular weight excluding hydrogens is 602 g/mol. The summed E-state index contributed by atoms with van der Waals surface area (Å²) in [4.78, 5) is 35.7. The summed E-state index contributed by atoms with van der Waals surface area (Å²) in [7, 11) is 2.01. The van der Waals surface area contributed by atoms with Crippen LogP contribution in [-0.2, 0) is 17.8 Å². The zero-order chi connectivity index (χ0) is 32.3. The number of carbonyl (C=O) groups excluding carboxylic acids is 2. The third-order valence-electron chi connectivity index (χ3n) is 8.93. The molecule has 1 amide bonds. The number of hydrogen-bond donors (Lipinski definition) is 3. The quantitative estimate of drug-likeness (QED) is 0.120. The maximum atomic E-state index is 14.3. The maximum absolute atomic E-state index is 14.3. The van der Waals surface area contributed by atoms with Gasteiger partial charge in [0.05, 0.1) is 55.6 Å². The Kier molecular flexibility index (Phi) is 8.19. The standard InChI is InChI=1S/C32H40ClN3O7Si/c1-16-24(31(39)42-7)25-20-12-19(33)14-36(22(20)13-23(27(25)34-16)43-44(8,9)32(2,3)4)30(38)21-11-17-10-18(15-37)28(40-5)29(41-6)26(17)35-21/h10-11,13,19,34-35,37H,12,14-15H2,1-9H3. The number of nitrogens with one attached hydrogen (secondary N) is 2. The summed E-state index contributed by atoms with van der Waals surface area (Å²) in [5, 5.41) is 10.8. The van der Waals surface area contributed by atoms with Crippen LogP contribution in [0, 0.1) is 6.92 Å². The van der Waals surface area contributed by atoms with Crippen molar-refractivity contribution in [2.24, 2.45) is 0 Å². The second-order valence-electron chi connectivity index (χ2n) is 12.7. The number of methoxy groups -OCH3 is 3. The lowest BCUT2D eigenvalue weighted by atomic mass is 9.94. The fourth-order valence-electron chi connectivity index (χ4n) is 5.69. The summed E-state index contributed by atoms with van der Waals surface area (Å²) >= 11 is 6.84. The number of fused-ring (bicyclic) bond motifs is 4. The first-order valence-electron chi connectivity index (χ1n) is 14.5. The van der Waals surface area contributed by atoms with Gasteiger partial charge < -0.3 is 38.6 Å². The molecule has 10 nitrogen and oxygen atoms in total. The number of halogens is 1. The summed E-state index contributed by atoms with van der Waals surface area (Å²) in [5.41, 5.74) is 4.52. The van der Waals surface area contributed by atoms with Crippen molar-refractivity contribution in [1.82, 2.24) is 9.97 Å².